The lowest BCUT2D eigenvalue weighted by Crippen LogP contribution is -2.37. The van der Waals surface area contributed by atoms with Crippen molar-refractivity contribution in [2.45, 2.75) is 46.7 Å². The summed E-state index contributed by atoms with van der Waals surface area (Å²) in [6.07, 6.45) is 4.95. The Morgan fingerprint density at radius 2 is 1.70 bits per heavy atom. The number of carbonyl (C=O) groups excluding carboxylic acids is 1. The second-order valence-corrected chi connectivity index (χ2v) is 9.91. The van der Waals surface area contributed by atoms with Gasteiger partial charge in [0, 0.05) is 69.3 Å². The Labute approximate surface area is 221 Å². The normalized spacial score (nSPS) is 15.2. The highest BCUT2D eigenvalue weighted by atomic mass is 16.5. The minimum Gasteiger partial charge on any atom is -0.494 e. The Balaban J connectivity index is 1.69. The minimum atomic E-state index is 0.178. The molecular weight excluding hydrogens is 462 g/mol. The van der Waals surface area contributed by atoms with Crippen molar-refractivity contribution in [2.75, 3.05) is 42.6 Å². The number of hydrogen-bond donors (Lipinski definition) is 0. The van der Waals surface area contributed by atoms with Gasteiger partial charge in [-0.05, 0) is 43.0 Å². The van der Waals surface area contributed by atoms with E-state index in [1.54, 1.807) is 12.4 Å². The fraction of sp³-hybridized carbons (Fsp3) is 0.433. The number of nitrogens with zero attached hydrogens (tertiary/aromatic N) is 5. The number of rotatable bonds is 7. The van der Waals surface area contributed by atoms with Crippen LogP contribution in [0.1, 0.15) is 44.7 Å². The standard InChI is InChI=1S/C30H39N5O2/c1-4-37-28-14-8-6-12-26(28)23-33-19-20-34(30-31-15-9-16-32-30)17-10-18-35(29(36)21-24(2)3)27-13-7-5-11-25(27)22-33/h5-9,11-16,24H,4,10,17-23H2,1-3H3. The van der Waals surface area contributed by atoms with Gasteiger partial charge in [0.05, 0.1) is 6.61 Å². The van der Waals surface area contributed by atoms with Crippen LogP contribution in [0.15, 0.2) is 67.0 Å². The first-order chi connectivity index (χ1) is 18.0. The summed E-state index contributed by atoms with van der Waals surface area (Å²) in [5, 5.41) is 0. The van der Waals surface area contributed by atoms with Gasteiger partial charge < -0.3 is 14.5 Å². The number of aromatic nitrogens is 2. The Kier molecular flexibility index (Phi) is 9.49. The predicted octanol–water partition coefficient (Wildman–Crippen LogP) is 5.17. The highest BCUT2D eigenvalue weighted by Crippen LogP contribution is 2.27. The fourth-order valence-electron chi connectivity index (χ4n) is 4.82. The van der Waals surface area contributed by atoms with E-state index in [-0.39, 0.29) is 5.91 Å². The second-order valence-electron chi connectivity index (χ2n) is 9.91. The van der Waals surface area contributed by atoms with Gasteiger partial charge in [0.25, 0.3) is 0 Å². The van der Waals surface area contributed by atoms with Gasteiger partial charge in [-0.25, -0.2) is 9.97 Å². The molecule has 0 spiro atoms. The Bertz CT molecular complexity index is 1140. The van der Waals surface area contributed by atoms with E-state index in [1.165, 1.54) is 0 Å². The summed E-state index contributed by atoms with van der Waals surface area (Å²) in [7, 11) is 0. The first-order valence-electron chi connectivity index (χ1n) is 13.4. The maximum absolute atomic E-state index is 13.4. The predicted molar refractivity (Wildman–Crippen MR) is 149 cm³/mol. The molecule has 7 heteroatoms. The molecule has 7 nitrogen and oxygen atoms in total. The number of carbonyl (C=O) groups is 1. The molecule has 1 aliphatic heterocycles. The number of anilines is 2. The quantitative estimate of drug-likeness (QED) is 0.445. The van der Waals surface area contributed by atoms with E-state index in [2.05, 4.69) is 63.9 Å². The number of fused-ring (bicyclic) bond motifs is 1. The smallest absolute Gasteiger partial charge is 0.227 e. The van der Waals surface area contributed by atoms with Crippen molar-refractivity contribution >= 4 is 17.5 Å². The van der Waals surface area contributed by atoms with E-state index in [0.717, 1.165) is 67.7 Å². The average molecular weight is 502 g/mol. The molecule has 1 aromatic heterocycles. The van der Waals surface area contributed by atoms with E-state index in [1.807, 2.05) is 36.1 Å². The third-order valence-electron chi connectivity index (χ3n) is 6.56. The summed E-state index contributed by atoms with van der Waals surface area (Å²) in [6.45, 7) is 11.4. The molecule has 2 heterocycles. The minimum absolute atomic E-state index is 0.178. The molecule has 0 N–H and O–H groups in total. The third-order valence-corrected chi connectivity index (χ3v) is 6.56. The molecule has 0 saturated heterocycles. The molecule has 2 aromatic carbocycles. The second kappa shape index (κ2) is 13.2. The van der Waals surface area contributed by atoms with Gasteiger partial charge in [0.2, 0.25) is 11.9 Å². The summed E-state index contributed by atoms with van der Waals surface area (Å²) in [6, 6.07) is 18.5. The van der Waals surface area contributed by atoms with Crippen LogP contribution in [0.3, 0.4) is 0 Å². The number of amides is 1. The lowest BCUT2D eigenvalue weighted by atomic mass is 10.1. The van der Waals surface area contributed by atoms with E-state index in [9.17, 15) is 4.79 Å². The van der Waals surface area contributed by atoms with Crippen molar-refractivity contribution < 1.29 is 9.53 Å². The van der Waals surface area contributed by atoms with Gasteiger partial charge in [0.1, 0.15) is 5.75 Å². The highest BCUT2D eigenvalue weighted by Gasteiger charge is 2.23. The molecule has 196 valence electrons. The molecule has 0 atom stereocenters. The summed E-state index contributed by atoms with van der Waals surface area (Å²) in [5.41, 5.74) is 3.34. The summed E-state index contributed by atoms with van der Waals surface area (Å²) >= 11 is 0. The number of para-hydroxylation sites is 2. The van der Waals surface area contributed by atoms with Gasteiger partial charge in [-0.15, -0.1) is 0 Å². The van der Waals surface area contributed by atoms with Crippen molar-refractivity contribution in [3.8, 4) is 5.75 Å². The number of ether oxygens (including phenoxy) is 1. The summed E-state index contributed by atoms with van der Waals surface area (Å²) < 4.78 is 5.93. The van der Waals surface area contributed by atoms with Crippen LogP contribution >= 0.6 is 0 Å². The monoisotopic (exact) mass is 501 g/mol. The molecule has 0 aliphatic carbocycles. The summed E-state index contributed by atoms with van der Waals surface area (Å²) in [4.78, 5) is 29.1. The maximum Gasteiger partial charge on any atom is 0.227 e. The van der Waals surface area contributed by atoms with Crippen molar-refractivity contribution in [1.82, 2.24) is 14.9 Å². The molecule has 0 bridgehead atoms. The van der Waals surface area contributed by atoms with Crippen molar-refractivity contribution in [2.24, 2.45) is 5.92 Å². The average Bonchev–Trinajstić information content (AvgIpc) is 2.93. The van der Waals surface area contributed by atoms with Gasteiger partial charge in [-0.1, -0.05) is 50.2 Å². The number of hydrogen-bond acceptors (Lipinski definition) is 6. The topological polar surface area (TPSA) is 61.8 Å². The van der Waals surface area contributed by atoms with Crippen LogP contribution in [0.4, 0.5) is 11.6 Å². The third kappa shape index (κ3) is 7.29. The molecule has 3 aromatic rings. The number of benzene rings is 2. The summed E-state index contributed by atoms with van der Waals surface area (Å²) in [5.74, 6) is 2.13. The largest absolute Gasteiger partial charge is 0.494 e. The molecule has 37 heavy (non-hydrogen) atoms. The van der Waals surface area contributed by atoms with Crippen LogP contribution < -0.4 is 14.5 Å². The van der Waals surface area contributed by atoms with E-state index >= 15 is 0 Å². The Hall–Kier alpha value is -3.45. The van der Waals surface area contributed by atoms with E-state index in [4.69, 9.17) is 4.74 Å². The zero-order chi connectivity index (χ0) is 26.0. The first kappa shape index (κ1) is 26.6. The molecule has 0 fully saturated rings. The molecule has 0 unspecified atom stereocenters. The van der Waals surface area contributed by atoms with Crippen LogP contribution in [0.2, 0.25) is 0 Å². The first-order valence-corrected chi connectivity index (χ1v) is 13.4. The molecule has 4 rings (SSSR count). The van der Waals surface area contributed by atoms with Crippen LogP contribution in [0.25, 0.3) is 0 Å². The van der Waals surface area contributed by atoms with Crippen LogP contribution in [0, 0.1) is 5.92 Å². The Morgan fingerprint density at radius 3 is 2.49 bits per heavy atom. The van der Waals surface area contributed by atoms with E-state index in [0.29, 0.717) is 25.5 Å². The van der Waals surface area contributed by atoms with Crippen molar-refractivity contribution in [3.63, 3.8) is 0 Å². The SMILES string of the molecule is CCOc1ccccc1CN1CCN(c2ncccn2)CCCN(C(=O)CC(C)C)c2ccccc2C1. The lowest BCUT2D eigenvalue weighted by Gasteiger charge is -2.28. The van der Waals surface area contributed by atoms with Crippen molar-refractivity contribution in [1.29, 1.82) is 0 Å². The highest BCUT2D eigenvalue weighted by molar-refractivity contribution is 5.94. The fourth-order valence-corrected chi connectivity index (χ4v) is 4.82. The van der Waals surface area contributed by atoms with Gasteiger partial charge >= 0.3 is 0 Å². The van der Waals surface area contributed by atoms with Crippen LogP contribution in [0.5, 0.6) is 5.75 Å². The zero-order valence-corrected chi connectivity index (χ0v) is 22.3. The Morgan fingerprint density at radius 1 is 0.946 bits per heavy atom. The molecule has 1 amide bonds. The van der Waals surface area contributed by atoms with Crippen LogP contribution in [-0.4, -0.2) is 53.6 Å². The molecular formula is C30H39N5O2. The van der Waals surface area contributed by atoms with Gasteiger partial charge in [-0.2, -0.15) is 0 Å². The lowest BCUT2D eigenvalue weighted by molar-refractivity contribution is -0.119. The zero-order valence-electron chi connectivity index (χ0n) is 22.3. The molecule has 0 radical (unpaired) electrons. The van der Waals surface area contributed by atoms with E-state index < -0.39 is 0 Å². The molecule has 0 saturated carbocycles. The van der Waals surface area contributed by atoms with Crippen molar-refractivity contribution in [3.05, 3.63) is 78.1 Å². The molecule has 1 aliphatic rings. The maximum atomic E-state index is 13.4. The van der Waals surface area contributed by atoms with Gasteiger partial charge in [0.15, 0.2) is 0 Å². The van der Waals surface area contributed by atoms with Crippen LogP contribution in [-0.2, 0) is 17.9 Å². The van der Waals surface area contributed by atoms with Gasteiger partial charge in [-0.3, -0.25) is 9.69 Å².